The second kappa shape index (κ2) is 9.06. The Hall–Kier alpha value is -3.29. The number of ether oxygens (including phenoxy) is 3. The number of nitrogens with zero attached hydrogens (tertiary/aromatic N) is 5. The summed E-state index contributed by atoms with van der Waals surface area (Å²) in [5, 5.41) is 15.5. The van der Waals surface area contributed by atoms with Crippen molar-refractivity contribution in [2.45, 2.75) is 19.1 Å². The van der Waals surface area contributed by atoms with E-state index in [9.17, 15) is 9.59 Å². The molecule has 13 heteroatoms. The second-order valence-electron chi connectivity index (χ2n) is 7.00. The second-order valence-corrected chi connectivity index (χ2v) is 7.95. The number of hydrogen-bond acceptors (Lipinski definition) is 11. The van der Waals surface area contributed by atoms with Crippen molar-refractivity contribution in [3.63, 3.8) is 0 Å². The van der Waals surface area contributed by atoms with Gasteiger partial charge in [-0.05, 0) is 13.0 Å². The first-order chi connectivity index (χ1) is 15.4. The van der Waals surface area contributed by atoms with E-state index < -0.39 is 11.5 Å². The zero-order chi connectivity index (χ0) is 22.8. The normalized spacial score (nSPS) is 18.2. The van der Waals surface area contributed by atoms with E-state index in [0.717, 1.165) is 17.0 Å². The van der Waals surface area contributed by atoms with Gasteiger partial charge in [-0.25, -0.2) is 9.48 Å². The van der Waals surface area contributed by atoms with Gasteiger partial charge in [-0.3, -0.25) is 10.1 Å². The Morgan fingerprint density at radius 2 is 1.94 bits per heavy atom. The molecule has 0 unspecified atom stereocenters. The maximum absolute atomic E-state index is 12.8. The first-order valence-corrected chi connectivity index (χ1v) is 10.4. The molecule has 0 aromatic carbocycles. The minimum atomic E-state index is -0.768. The van der Waals surface area contributed by atoms with Crippen LogP contribution in [0, 0.1) is 6.92 Å². The van der Waals surface area contributed by atoms with Gasteiger partial charge in [0, 0.05) is 45.3 Å². The molecule has 1 amide bonds. The van der Waals surface area contributed by atoms with Gasteiger partial charge in [0.2, 0.25) is 16.0 Å². The molecule has 0 aliphatic carbocycles. The molecule has 3 aromatic rings. The van der Waals surface area contributed by atoms with Gasteiger partial charge in [0.25, 0.3) is 5.91 Å². The third-order valence-corrected chi connectivity index (χ3v) is 5.94. The Labute approximate surface area is 186 Å². The molecule has 1 aliphatic rings. The Morgan fingerprint density at radius 3 is 2.53 bits per heavy atom. The average molecular weight is 462 g/mol. The Morgan fingerprint density at radius 1 is 1.22 bits per heavy atom. The summed E-state index contributed by atoms with van der Waals surface area (Å²) < 4.78 is 23.0. The van der Waals surface area contributed by atoms with Crippen molar-refractivity contribution in [1.29, 1.82) is 0 Å². The number of rotatable bonds is 7. The molecular formula is C19H22N6O6S. The molecule has 0 saturated carbocycles. The van der Waals surface area contributed by atoms with Crippen LogP contribution in [0.2, 0.25) is 0 Å². The molecule has 170 valence electrons. The van der Waals surface area contributed by atoms with Crippen LogP contribution in [-0.4, -0.2) is 72.5 Å². The van der Waals surface area contributed by atoms with E-state index in [2.05, 4.69) is 20.6 Å². The Bertz CT molecular complexity index is 1160. The number of nitrogens with one attached hydrogen (secondary N) is 1. The maximum Gasteiger partial charge on any atom is 0.381 e. The van der Waals surface area contributed by atoms with E-state index in [1.165, 1.54) is 13.2 Å². The molecule has 0 spiro atoms. The molecule has 12 nitrogen and oxygen atoms in total. The first-order valence-electron chi connectivity index (χ1n) is 9.63. The van der Waals surface area contributed by atoms with Crippen molar-refractivity contribution in [1.82, 2.24) is 20.0 Å². The maximum atomic E-state index is 12.8. The Balaban J connectivity index is 1.59. The van der Waals surface area contributed by atoms with Gasteiger partial charge in [-0.2, -0.15) is 5.10 Å². The van der Waals surface area contributed by atoms with Crippen LogP contribution in [0.4, 0.5) is 10.8 Å². The fraction of sp³-hybridized carbons (Fsp3) is 0.421. The lowest BCUT2D eigenvalue weighted by molar-refractivity contribution is -0.00461. The molecule has 4 heterocycles. The summed E-state index contributed by atoms with van der Waals surface area (Å²) in [4.78, 5) is 27.2. The van der Waals surface area contributed by atoms with Crippen LogP contribution in [0.15, 0.2) is 27.5 Å². The molecule has 32 heavy (non-hydrogen) atoms. The highest BCUT2D eigenvalue weighted by Gasteiger charge is 2.35. The molecule has 3 aromatic heterocycles. The molecule has 2 atom stereocenters. The van der Waals surface area contributed by atoms with Crippen LogP contribution >= 0.6 is 11.3 Å². The predicted molar refractivity (Wildman–Crippen MR) is 115 cm³/mol. The fourth-order valence-electron chi connectivity index (χ4n) is 3.48. The number of amides is 1. The minimum Gasteiger partial charge on any atom is -0.488 e. The van der Waals surface area contributed by atoms with Crippen molar-refractivity contribution in [2.24, 2.45) is 0 Å². The summed E-state index contributed by atoms with van der Waals surface area (Å²) in [7, 11) is 4.56. The van der Waals surface area contributed by atoms with Gasteiger partial charge in [0.15, 0.2) is 5.76 Å². The quantitative estimate of drug-likeness (QED) is 0.544. The smallest absolute Gasteiger partial charge is 0.381 e. The Kier molecular flexibility index (Phi) is 6.21. The van der Waals surface area contributed by atoms with Crippen LogP contribution in [0.3, 0.4) is 0 Å². The monoisotopic (exact) mass is 462 g/mol. The van der Waals surface area contributed by atoms with Crippen LogP contribution in [0.25, 0.3) is 5.13 Å². The molecular weight excluding hydrogens is 440 g/mol. The van der Waals surface area contributed by atoms with Crippen LogP contribution in [-0.2, 0) is 9.47 Å². The zero-order valence-corrected chi connectivity index (χ0v) is 18.7. The minimum absolute atomic E-state index is 0.000477. The highest BCUT2D eigenvalue weighted by molar-refractivity contribution is 7.17. The van der Waals surface area contributed by atoms with E-state index in [0.29, 0.717) is 23.9 Å². The summed E-state index contributed by atoms with van der Waals surface area (Å²) >= 11 is 1.13. The lowest BCUT2D eigenvalue weighted by Crippen LogP contribution is -2.27. The number of carbonyl (C=O) groups is 1. The van der Waals surface area contributed by atoms with Crippen molar-refractivity contribution < 1.29 is 23.4 Å². The van der Waals surface area contributed by atoms with Crippen molar-refractivity contribution >= 4 is 28.1 Å². The summed E-state index contributed by atoms with van der Waals surface area (Å²) in [6.45, 7) is 2.79. The highest BCUT2D eigenvalue weighted by atomic mass is 32.1. The van der Waals surface area contributed by atoms with Crippen molar-refractivity contribution in [3.8, 4) is 10.9 Å². The lowest BCUT2D eigenvalue weighted by Gasteiger charge is -2.20. The number of anilines is 2. The first kappa shape index (κ1) is 21.9. The van der Waals surface area contributed by atoms with Crippen molar-refractivity contribution in [2.75, 3.05) is 44.6 Å². The van der Waals surface area contributed by atoms with Crippen LogP contribution < -0.4 is 20.6 Å². The van der Waals surface area contributed by atoms with E-state index in [4.69, 9.17) is 18.6 Å². The standard InChI is InChI=1S/C19H22N6O6S/c1-10-5-6-20-25(10)19-23-22-18(32-19)21-16(26)12-7-11(15(30-4)17(27)31-12)24-8-13(28-2)14(9-24)29-3/h5-7,13-14H,8-9H2,1-4H3,(H,21,22,26)/t13-,14-/m1/s1. The van der Waals surface area contributed by atoms with E-state index >= 15 is 0 Å². The van der Waals surface area contributed by atoms with E-state index in [1.807, 2.05) is 17.9 Å². The summed E-state index contributed by atoms with van der Waals surface area (Å²) in [6, 6.07) is 3.29. The van der Waals surface area contributed by atoms with E-state index in [-0.39, 0.29) is 28.8 Å². The third-order valence-electron chi connectivity index (χ3n) is 5.13. The van der Waals surface area contributed by atoms with Crippen LogP contribution in [0.1, 0.15) is 16.2 Å². The average Bonchev–Trinajstić information content (AvgIpc) is 3.52. The lowest BCUT2D eigenvalue weighted by atomic mass is 10.3. The van der Waals surface area contributed by atoms with Gasteiger partial charge in [-0.15, -0.1) is 10.2 Å². The number of carbonyl (C=O) groups excluding carboxylic acids is 1. The number of hydrogen-bond donors (Lipinski definition) is 1. The third kappa shape index (κ3) is 4.09. The number of aryl methyl sites for hydroxylation is 1. The topological polar surface area (TPSA) is 134 Å². The molecule has 0 bridgehead atoms. The van der Waals surface area contributed by atoms with Crippen molar-refractivity contribution in [3.05, 3.63) is 40.2 Å². The molecule has 1 aliphatic heterocycles. The SMILES string of the molecule is COc1c(N2C[C@@H](OC)[C@H](OC)C2)cc(C(=O)Nc2nnc(-n3nccc3C)s2)oc1=O. The van der Waals surface area contributed by atoms with E-state index in [1.54, 1.807) is 25.1 Å². The van der Waals surface area contributed by atoms with Gasteiger partial charge >= 0.3 is 5.63 Å². The van der Waals surface area contributed by atoms with Gasteiger partial charge < -0.3 is 23.5 Å². The van der Waals surface area contributed by atoms with Crippen LogP contribution in [0.5, 0.6) is 5.75 Å². The van der Waals surface area contributed by atoms with Gasteiger partial charge in [0.1, 0.15) is 12.2 Å². The molecule has 1 saturated heterocycles. The highest BCUT2D eigenvalue weighted by Crippen LogP contribution is 2.31. The molecule has 0 radical (unpaired) electrons. The fourth-order valence-corrected chi connectivity index (χ4v) is 4.24. The molecule has 1 fully saturated rings. The van der Waals surface area contributed by atoms with Gasteiger partial charge in [-0.1, -0.05) is 11.3 Å². The number of aromatic nitrogens is 4. The molecule has 1 N–H and O–H groups in total. The zero-order valence-electron chi connectivity index (χ0n) is 17.9. The summed E-state index contributed by atoms with van der Waals surface area (Å²) in [6.07, 6.45) is 1.25. The molecule has 4 rings (SSSR count). The largest absolute Gasteiger partial charge is 0.488 e. The summed E-state index contributed by atoms with van der Waals surface area (Å²) in [5.41, 5.74) is 0.523. The van der Waals surface area contributed by atoms with Gasteiger partial charge in [0.05, 0.1) is 12.8 Å². The number of methoxy groups -OCH3 is 3. The predicted octanol–water partition coefficient (Wildman–Crippen LogP) is 1.10. The summed E-state index contributed by atoms with van der Waals surface area (Å²) in [5.74, 6) is -0.829.